The maximum absolute atomic E-state index is 4.97. The molecular weight excluding hydrogens is 256 g/mol. The zero-order valence-electron chi connectivity index (χ0n) is 11.3. The van der Waals surface area contributed by atoms with Crippen LogP contribution in [0.25, 0.3) is 0 Å². The Morgan fingerprint density at radius 1 is 0.850 bits per heavy atom. The quantitative estimate of drug-likeness (QED) is 0.810. The lowest BCUT2D eigenvalue weighted by Gasteiger charge is -2.36. The average Bonchev–Trinajstić information content (AvgIpc) is 2.56. The molecular formula is C13H16N6O. The van der Waals surface area contributed by atoms with Crippen LogP contribution in [0.15, 0.2) is 31.1 Å². The highest BCUT2D eigenvalue weighted by Crippen LogP contribution is 2.18. The molecule has 0 amide bonds. The molecule has 7 heteroatoms. The normalized spacial score (nSPS) is 15.2. The second-order valence-electron chi connectivity index (χ2n) is 4.50. The molecule has 0 bridgehead atoms. The first-order valence-corrected chi connectivity index (χ1v) is 6.48. The summed E-state index contributed by atoms with van der Waals surface area (Å²) < 4.78 is 4.97. The van der Waals surface area contributed by atoms with Gasteiger partial charge in [-0.2, -0.15) is 0 Å². The van der Waals surface area contributed by atoms with Crippen LogP contribution in [0.1, 0.15) is 0 Å². The Morgan fingerprint density at radius 3 is 1.85 bits per heavy atom. The van der Waals surface area contributed by atoms with Crippen molar-refractivity contribution in [2.75, 3.05) is 43.1 Å². The number of rotatable bonds is 3. The first-order chi connectivity index (χ1) is 9.86. The van der Waals surface area contributed by atoms with Crippen molar-refractivity contribution < 1.29 is 4.74 Å². The van der Waals surface area contributed by atoms with Gasteiger partial charge in [-0.05, 0) is 0 Å². The maximum Gasteiger partial charge on any atom is 0.316 e. The van der Waals surface area contributed by atoms with Crippen LogP contribution in [-0.2, 0) is 0 Å². The number of ether oxygens (including phenoxy) is 1. The van der Waals surface area contributed by atoms with E-state index in [0.717, 1.165) is 37.6 Å². The summed E-state index contributed by atoms with van der Waals surface area (Å²) in [6, 6.07) is 0.397. The summed E-state index contributed by atoms with van der Waals surface area (Å²) in [5.41, 5.74) is 2.09. The van der Waals surface area contributed by atoms with E-state index in [9.17, 15) is 0 Å². The minimum absolute atomic E-state index is 0.397. The topological polar surface area (TPSA) is 67.3 Å². The molecule has 0 unspecified atom stereocenters. The minimum atomic E-state index is 0.397. The molecule has 0 spiro atoms. The van der Waals surface area contributed by atoms with Crippen LogP contribution in [-0.4, -0.2) is 53.2 Å². The molecule has 1 saturated heterocycles. The van der Waals surface area contributed by atoms with Gasteiger partial charge >= 0.3 is 6.01 Å². The molecule has 0 aliphatic carbocycles. The molecule has 0 radical (unpaired) electrons. The monoisotopic (exact) mass is 272 g/mol. The van der Waals surface area contributed by atoms with E-state index in [-0.39, 0.29) is 0 Å². The summed E-state index contributed by atoms with van der Waals surface area (Å²) in [6.45, 7) is 3.70. The fourth-order valence-corrected chi connectivity index (χ4v) is 2.26. The Labute approximate surface area is 117 Å². The largest absolute Gasteiger partial charge is 0.467 e. The molecule has 0 saturated carbocycles. The highest BCUT2D eigenvalue weighted by Gasteiger charge is 2.18. The van der Waals surface area contributed by atoms with E-state index in [4.69, 9.17) is 4.74 Å². The number of hydrogen-bond acceptors (Lipinski definition) is 7. The zero-order chi connectivity index (χ0) is 13.8. The van der Waals surface area contributed by atoms with Gasteiger partial charge in [-0.3, -0.25) is 0 Å². The fraction of sp³-hybridized carbons (Fsp3) is 0.385. The Bertz CT molecular complexity index is 539. The fourth-order valence-electron chi connectivity index (χ4n) is 2.26. The highest BCUT2D eigenvalue weighted by molar-refractivity contribution is 5.48. The predicted molar refractivity (Wildman–Crippen MR) is 75.0 cm³/mol. The van der Waals surface area contributed by atoms with Gasteiger partial charge in [0.2, 0.25) is 0 Å². The molecule has 104 valence electrons. The van der Waals surface area contributed by atoms with E-state index >= 15 is 0 Å². The molecule has 7 nitrogen and oxygen atoms in total. The Hall–Kier alpha value is -2.44. The van der Waals surface area contributed by atoms with Gasteiger partial charge in [0.25, 0.3) is 0 Å². The smallest absolute Gasteiger partial charge is 0.316 e. The van der Waals surface area contributed by atoms with E-state index in [2.05, 4.69) is 29.7 Å². The van der Waals surface area contributed by atoms with Gasteiger partial charge in [0.05, 0.1) is 43.3 Å². The van der Waals surface area contributed by atoms with Crippen LogP contribution in [0, 0.1) is 0 Å². The number of hydrogen-bond donors (Lipinski definition) is 0. The van der Waals surface area contributed by atoms with Crippen molar-refractivity contribution in [3.8, 4) is 6.01 Å². The Balaban J connectivity index is 1.63. The van der Waals surface area contributed by atoms with Crippen LogP contribution >= 0.6 is 0 Å². The summed E-state index contributed by atoms with van der Waals surface area (Å²) in [6.07, 6.45) is 8.84. The number of methoxy groups -OCH3 is 1. The van der Waals surface area contributed by atoms with E-state index < -0.39 is 0 Å². The van der Waals surface area contributed by atoms with Crippen molar-refractivity contribution >= 4 is 11.4 Å². The third kappa shape index (κ3) is 2.61. The molecule has 2 aromatic heterocycles. The van der Waals surface area contributed by atoms with Gasteiger partial charge < -0.3 is 14.5 Å². The van der Waals surface area contributed by atoms with Crippen molar-refractivity contribution in [2.45, 2.75) is 0 Å². The van der Waals surface area contributed by atoms with Crippen molar-refractivity contribution in [1.82, 2.24) is 19.9 Å². The zero-order valence-corrected chi connectivity index (χ0v) is 11.3. The van der Waals surface area contributed by atoms with Crippen LogP contribution in [0.5, 0.6) is 6.01 Å². The molecule has 3 heterocycles. The average molecular weight is 272 g/mol. The molecule has 2 aromatic rings. The molecule has 0 atom stereocenters. The Morgan fingerprint density at radius 2 is 1.35 bits per heavy atom. The van der Waals surface area contributed by atoms with E-state index in [0.29, 0.717) is 6.01 Å². The van der Waals surface area contributed by atoms with Crippen LogP contribution < -0.4 is 14.5 Å². The van der Waals surface area contributed by atoms with Crippen LogP contribution in [0.4, 0.5) is 11.4 Å². The molecule has 3 rings (SSSR count). The lowest BCUT2D eigenvalue weighted by molar-refractivity contribution is 0.379. The van der Waals surface area contributed by atoms with Crippen LogP contribution in [0.3, 0.4) is 0 Å². The molecule has 20 heavy (non-hydrogen) atoms. The van der Waals surface area contributed by atoms with Gasteiger partial charge in [0.15, 0.2) is 0 Å². The lowest BCUT2D eigenvalue weighted by Crippen LogP contribution is -2.46. The minimum Gasteiger partial charge on any atom is -0.467 e. The van der Waals surface area contributed by atoms with Gasteiger partial charge in [0, 0.05) is 26.2 Å². The van der Waals surface area contributed by atoms with Crippen molar-refractivity contribution in [3.63, 3.8) is 0 Å². The Kier molecular flexibility index (Phi) is 3.58. The molecule has 0 N–H and O–H groups in total. The van der Waals surface area contributed by atoms with Crippen LogP contribution in [0.2, 0.25) is 0 Å². The van der Waals surface area contributed by atoms with Crippen molar-refractivity contribution in [2.24, 2.45) is 0 Å². The number of aromatic nitrogens is 4. The summed E-state index contributed by atoms with van der Waals surface area (Å²) in [4.78, 5) is 20.9. The molecule has 1 aliphatic heterocycles. The first-order valence-electron chi connectivity index (χ1n) is 6.48. The summed E-state index contributed by atoms with van der Waals surface area (Å²) in [5, 5.41) is 0. The van der Waals surface area contributed by atoms with E-state index in [1.54, 1.807) is 25.8 Å². The molecule has 1 fully saturated rings. The van der Waals surface area contributed by atoms with Crippen molar-refractivity contribution in [1.29, 1.82) is 0 Å². The molecule has 0 aromatic carbocycles. The van der Waals surface area contributed by atoms with Gasteiger partial charge in [-0.15, -0.1) is 0 Å². The summed E-state index contributed by atoms with van der Waals surface area (Å²) >= 11 is 0. The number of nitrogens with zero attached hydrogens (tertiary/aromatic N) is 6. The van der Waals surface area contributed by atoms with Gasteiger partial charge in [-0.1, -0.05) is 0 Å². The highest BCUT2D eigenvalue weighted by atomic mass is 16.5. The third-order valence-corrected chi connectivity index (χ3v) is 3.35. The number of piperazine rings is 1. The summed E-state index contributed by atoms with van der Waals surface area (Å²) in [5.74, 6) is 0. The van der Waals surface area contributed by atoms with Gasteiger partial charge in [0.1, 0.15) is 6.33 Å². The lowest BCUT2D eigenvalue weighted by atomic mass is 10.3. The van der Waals surface area contributed by atoms with E-state index in [1.807, 2.05) is 12.4 Å². The number of anilines is 2. The second-order valence-corrected chi connectivity index (χ2v) is 4.50. The maximum atomic E-state index is 4.97. The SMILES string of the molecule is COc1ncc(N2CCN(c3cncnc3)CC2)cn1. The van der Waals surface area contributed by atoms with Gasteiger partial charge in [-0.25, -0.2) is 19.9 Å². The van der Waals surface area contributed by atoms with E-state index in [1.165, 1.54) is 0 Å². The summed E-state index contributed by atoms with van der Waals surface area (Å²) in [7, 11) is 1.57. The predicted octanol–water partition coefficient (Wildman–Crippen LogP) is 0.602. The van der Waals surface area contributed by atoms with Crippen molar-refractivity contribution in [3.05, 3.63) is 31.1 Å². The first kappa shape index (κ1) is 12.6. The third-order valence-electron chi connectivity index (χ3n) is 3.35. The molecule has 1 aliphatic rings. The standard InChI is InChI=1S/C13H16N6O/c1-20-13-16-8-12(9-17-13)19-4-2-18(3-5-19)11-6-14-10-15-7-11/h6-10H,2-5H2,1H3. The second kappa shape index (κ2) is 5.68.